The first-order valence-electron chi connectivity index (χ1n) is 5.65. The second-order valence-corrected chi connectivity index (χ2v) is 4.08. The minimum absolute atomic E-state index is 0.172. The summed E-state index contributed by atoms with van der Waals surface area (Å²) >= 11 is 0. The van der Waals surface area contributed by atoms with E-state index in [0.29, 0.717) is 5.56 Å². The smallest absolute Gasteiger partial charge is 0.126 e. The van der Waals surface area contributed by atoms with Crippen LogP contribution in [0.1, 0.15) is 11.3 Å². The van der Waals surface area contributed by atoms with E-state index in [0.717, 1.165) is 29.8 Å². The molecular weight excluding hydrogens is 217 g/mol. The Kier molecular flexibility index (Phi) is 3.54. The van der Waals surface area contributed by atoms with Gasteiger partial charge in [0.15, 0.2) is 0 Å². The highest BCUT2D eigenvalue weighted by Gasteiger charge is 2.08. The van der Waals surface area contributed by atoms with E-state index in [1.54, 1.807) is 19.2 Å². The molecule has 17 heavy (non-hydrogen) atoms. The topological polar surface area (TPSA) is 40.7 Å². The zero-order chi connectivity index (χ0) is 12.3. The summed E-state index contributed by atoms with van der Waals surface area (Å²) in [6.45, 7) is 2.65. The zero-order valence-electron chi connectivity index (χ0n) is 10.0. The van der Waals surface area contributed by atoms with E-state index in [1.807, 2.05) is 13.1 Å². The molecule has 3 nitrogen and oxygen atoms in total. The van der Waals surface area contributed by atoms with Crippen LogP contribution in [0.4, 0.5) is 4.39 Å². The third-order valence-electron chi connectivity index (χ3n) is 2.81. The predicted molar refractivity (Wildman–Crippen MR) is 66.3 cm³/mol. The summed E-state index contributed by atoms with van der Waals surface area (Å²) in [5.74, 6) is -0.172. The number of aromatic nitrogens is 2. The fourth-order valence-electron chi connectivity index (χ4n) is 1.81. The first-order chi connectivity index (χ1) is 8.22. The van der Waals surface area contributed by atoms with Gasteiger partial charge in [-0.15, -0.1) is 0 Å². The van der Waals surface area contributed by atoms with Crippen LogP contribution < -0.4 is 5.32 Å². The normalized spacial score (nSPS) is 10.8. The molecule has 0 fully saturated rings. The Balaban J connectivity index is 2.32. The molecule has 0 radical (unpaired) electrons. The van der Waals surface area contributed by atoms with Crippen molar-refractivity contribution < 1.29 is 4.39 Å². The van der Waals surface area contributed by atoms with E-state index in [1.165, 1.54) is 6.07 Å². The van der Waals surface area contributed by atoms with Crippen molar-refractivity contribution in [3.05, 3.63) is 41.5 Å². The first kappa shape index (κ1) is 11.8. The van der Waals surface area contributed by atoms with Gasteiger partial charge in [-0.25, -0.2) is 4.39 Å². The molecule has 0 saturated heterocycles. The summed E-state index contributed by atoms with van der Waals surface area (Å²) in [4.78, 5) is 0. The lowest BCUT2D eigenvalue weighted by molar-refractivity contribution is 0.619. The molecule has 4 heteroatoms. The summed E-state index contributed by atoms with van der Waals surface area (Å²) in [7, 11) is 1.91. The van der Waals surface area contributed by atoms with Crippen molar-refractivity contribution in [2.24, 2.45) is 0 Å². The van der Waals surface area contributed by atoms with Crippen molar-refractivity contribution in [2.45, 2.75) is 13.3 Å². The van der Waals surface area contributed by atoms with Crippen molar-refractivity contribution >= 4 is 0 Å². The quantitative estimate of drug-likeness (QED) is 0.850. The number of halogens is 1. The van der Waals surface area contributed by atoms with Gasteiger partial charge < -0.3 is 5.32 Å². The van der Waals surface area contributed by atoms with E-state index in [2.05, 4.69) is 15.5 Å². The average molecular weight is 233 g/mol. The van der Waals surface area contributed by atoms with E-state index in [-0.39, 0.29) is 5.82 Å². The van der Waals surface area contributed by atoms with Crippen LogP contribution in [-0.4, -0.2) is 23.8 Å². The number of hydrogen-bond donors (Lipinski definition) is 2. The van der Waals surface area contributed by atoms with Gasteiger partial charge in [-0.1, -0.05) is 6.07 Å². The first-order valence-corrected chi connectivity index (χ1v) is 5.65. The molecule has 2 aromatic rings. The number of benzene rings is 1. The second kappa shape index (κ2) is 5.10. The molecule has 0 aliphatic heterocycles. The van der Waals surface area contributed by atoms with Crippen molar-refractivity contribution in [3.63, 3.8) is 0 Å². The third kappa shape index (κ3) is 2.53. The number of aryl methyl sites for hydroxylation is 1. The second-order valence-electron chi connectivity index (χ2n) is 4.08. The Morgan fingerprint density at radius 1 is 1.41 bits per heavy atom. The monoisotopic (exact) mass is 233 g/mol. The molecule has 1 aromatic carbocycles. The van der Waals surface area contributed by atoms with Crippen LogP contribution in [0.2, 0.25) is 0 Å². The Morgan fingerprint density at radius 2 is 2.24 bits per heavy atom. The number of H-pyrrole nitrogens is 1. The fourth-order valence-corrected chi connectivity index (χ4v) is 1.81. The lowest BCUT2D eigenvalue weighted by Gasteiger charge is -2.05. The van der Waals surface area contributed by atoms with Gasteiger partial charge >= 0.3 is 0 Å². The van der Waals surface area contributed by atoms with Crippen molar-refractivity contribution in [1.29, 1.82) is 0 Å². The van der Waals surface area contributed by atoms with Crippen molar-refractivity contribution in [1.82, 2.24) is 15.5 Å². The van der Waals surface area contributed by atoms with E-state index in [9.17, 15) is 4.39 Å². The van der Waals surface area contributed by atoms with Gasteiger partial charge in [0.05, 0.1) is 6.20 Å². The molecule has 90 valence electrons. The molecule has 1 heterocycles. The molecule has 0 unspecified atom stereocenters. The number of nitrogens with zero attached hydrogens (tertiary/aromatic N) is 1. The Hall–Kier alpha value is -1.68. The molecular formula is C13H16FN3. The molecule has 2 rings (SSSR count). The largest absolute Gasteiger partial charge is 0.319 e. The summed E-state index contributed by atoms with van der Waals surface area (Å²) < 4.78 is 13.2. The Morgan fingerprint density at radius 3 is 2.94 bits per heavy atom. The highest BCUT2D eigenvalue weighted by Crippen LogP contribution is 2.24. The highest BCUT2D eigenvalue weighted by atomic mass is 19.1. The summed E-state index contributed by atoms with van der Waals surface area (Å²) in [6, 6.07) is 5.14. The van der Waals surface area contributed by atoms with Crippen LogP contribution in [0, 0.1) is 12.7 Å². The van der Waals surface area contributed by atoms with Crippen LogP contribution in [0.3, 0.4) is 0 Å². The third-order valence-corrected chi connectivity index (χ3v) is 2.81. The number of likely N-dealkylation sites (N-methyl/N-ethyl adjacent to an activating group) is 1. The van der Waals surface area contributed by atoms with Crippen LogP contribution in [0.25, 0.3) is 11.1 Å². The van der Waals surface area contributed by atoms with Crippen molar-refractivity contribution in [2.75, 3.05) is 13.6 Å². The molecule has 0 aliphatic carbocycles. The average Bonchev–Trinajstić information content (AvgIpc) is 2.78. The molecule has 0 atom stereocenters. The predicted octanol–water partition coefficient (Wildman–Crippen LogP) is 2.29. The van der Waals surface area contributed by atoms with Gasteiger partial charge in [0, 0.05) is 24.2 Å². The standard InChI is InChI=1S/C13H16FN3/c1-9-7-10(3-4-12(9)14)11-8-16-17-13(11)5-6-15-2/h3-4,7-8,15H,5-6H2,1-2H3,(H,16,17). The number of rotatable bonds is 4. The van der Waals surface area contributed by atoms with Crippen LogP contribution in [0.5, 0.6) is 0 Å². The minimum Gasteiger partial charge on any atom is -0.319 e. The van der Waals surface area contributed by atoms with Crippen molar-refractivity contribution in [3.8, 4) is 11.1 Å². The maximum Gasteiger partial charge on any atom is 0.126 e. The maximum atomic E-state index is 13.2. The number of aromatic amines is 1. The van der Waals surface area contributed by atoms with E-state index < -0.39 is 0 Å². The zero-order valence-corrected chi connectivity index (χ0v) is 10.0. The Bertz CT molecular complexity index is 505. The molecule has 0 saturated carbocycles. The maximum absolute atomic E-state index is 13.2. The lowest BCUT2D eigenvalue weighted by Crippen LogP contribution is -2.11. The fraction of sp³-hybridized carbons (Fsp3) is 0.308. The van der Waals surface area contributed by atoms with Gasteiger partial charge in [-0.2, -0.15) is 5.10 Å². The molecule has 0 bridgehead atoms. The van der Waals surface area contributed by atoms with Crippen LogP contribution in [-0.2, 0) is 6.42 Å². The van der Waals surface area contributed by atoms with Crippen LogP contribution >= 0.6 is 0 Å². The van der Waals surface area contributed by atoms with Gasteiger partial charge in [-0.05, 0) is 37.2 Å². The lowest BCUT2D eigenvalue weighted by atomic mass is 10.0. The molecule has 0 amide bonds. The number of nitrogens with one attached hydrogen (secondary N) is 2. The minimum atomic E-state index is -0.172. The highest BCUT2D eigenvalue weighted by molar-refractivity contribution is 5.66. The van der Waals surface area contributed by atoms with E-state index >= 15 is 0 Å². The van der Waals surface area contributed by atoms with Gasteiger partial charge in [0.1, 0.15) is 5.82 Å². The van der Waals surface area contributed by atoms with Gasteiger partial charge in [0.25, 0.3) is 0 Å². The summed E-state index contributed by atoms with van der Waals surface area (Å²) in [6.07, 6.45) is 2.67. The van der Waals surface area contributed by atoms with Crippen LogP contribution in [0.15, 0.2) is 24.4 Å². The molecule has 0 spiro atoms. The molecule has 2 N–H and O–H groups in total. The van der Waals surface area contributed by atoms with E-state index in [4.69, 9.17) is 0 Å². The SMILES string of the molecule is CNCCc1[nH]ncc1-c1ccc(F)c(C)c1. The Labute approximate surface area is 100 Å². The summed E-state index contributed by atoms with van der Waals surface area (Å²) in [5.41, 5.74) is 3.78. The summed E-state index contributed by atoms with van der Waals surface area (Å²) in [5, 5.41) is 10.1. The number of hydrogen-bond acceptors (Lipinski definition) is 2. The van der Waals surface area contributed by atoms with Gasteiger partial charge in [-0.3, -0.25) is 5.10 Å². The molecule has 0 aliphatic rings. The van der Waals surface area contributed by atoms with Gasteiger partial charge in [0.2, 0.25) is 0 Å². The molecule has 1 aromatic heterocycles.